The van der Waals surface area contributed by atoms with Gasteiger partial charge < -0.3 is 4.98 Å². The molecule has 0 bridgehead atoms. The number of carbonyl (C=O) groups excluding carboxylic acids is 1. The molecule has 1 aromatic rings. The zero-order valence-electron chi connectivity index (χ0n) is 7.87. The number of rotatable bonds is 3. The van der Waals surface area contributed by atoms with Crippen molar-refractivity contribution >= 4 is 11.9 Å². The molecule has 0 aliphatic rings. The number of ketones is 1. The van der Waals surface area contributed by atoms with Gasteiger partial charge in [0.25, 0.3) is 0 Å². The summed E-state index contributed by atoms with van der Waals surface area (Å²) in [4.78, 5) is 13.7. The Labute approximate surface area is 78.0 Å². The van der Waals surface area contributed by atoms with Gasteiger partial charge in [-0.05, 0) is 43.7 Å². The topological polar surface area (TPSA) is 32.9 Å². The lowest BCUT2D eigenvalue weighted by atomic mass is 10.2. The quantitative estimate of drug-likeness (QED) is 0.555. The molecule has 1 N–H and O–H groups in total. The summed E-state index contributed by atoms with van der Waals surface area (Å²) >= 11 is 0. The Morgan fingerprint density at radius 3 is 2.69 bits per heavy atom. The van der Waals surface area contributed by atoms with Crippen LogP contribution in [-0.4, -0.2) is 10.8 Å². The Morgan fingerprint density at radius 1 is 1.38 bits per heavy atom. The molecule has 1 aromatic heterocycles. The number of carbonyl (C=O) groups is 1. The van der Waals surface area contributed by atoms with Crippen LogP contribution in [0.1, 0.15) is 19.5 Å². The normalized spacial score (nSPS) is 12.3. The van der Waals surface area contributed by atoms with E-state index in [9.17, 15) is 4.79 Å². The van der Waals surface area contributed by atoms with E-state index in [1.165, 1.54) is 0 Å². The third-order valence-electron chi connectivity index (χ3n) is 1.59. The first-order chi connectivity index (χ1) is 6.18. The van der Waals surface area contributed by atoms with E-state index < -0.39 is 0 Å². The highest BCUT2D eigenvalue weighted by atomic mass is 16.1. The highest BCUT2D eigenvalue weighted by Crippen LogP contribution is 2.04. The fourth-order valence-corrected chi connectivity index (χ4v) is 0.976. The van der Waals surface area contributed by atoms with Crippen LogP contribution in [0.5, 0.6) is 0 Å². The van der Waals surface area contributed by atoms with Gasteiger partial charge in [0.05, 0.1) is 0 Å². The van der Waals surface area contributed by atoms with Gasteiger partial charge >= 0.3 is 0 Å². The minimum Gasteiger partial charge on any atom is -0.362 e. The minimum atomic E-state index is 0.0687. The maximum atomic E-state index is 10.6. The van der Waals surface area contributed by atoms with Crippen molar-refractivity contribution < 1.29 is 4.79 Å². The fourth-order valence-electron chi connectivity index (χ4n) is 0.976. The van der Waals surface area contributed by atoms with Crippen LogP contribution in [0.4, 0.5) is 0 Å². The van der Waals surface area contributed by atoms with Crippen LogP contribution in [-0.2, 0) is 4.79 Å². The first kappa shape index (κ1) is 9.52. The van der Waals surface area contributed by atoms with Crippen molar-refractivity contribution in [3.63, 3.8) is 0 Å². The van der Waals surface area contributed by atoms with E-state index in [0.29, 0.717) is 0 Å². The summed E-state index contributed by atoms with van der Waals surface area (Å²) in [7, 11) is 0. The van der Waals surface area contributed by atoms with E-state index >= 15 is 0 Å². The average molecular weight is 175 g/mol. The van der Waals surface area contributed by atoms with Crippen LogP contribution >= 0.6 is 0 Å². The summed E-state index contributed by atoms with van der Waals surface area (Å²) in [5, 5.41) is 0. The molecule has 0 unspecified atom stereocenters. The molecule has 0 radical (unpaired) electrons. The van der Waals surface area contributed by atoms with Crippen molar-refractivity contribution in [3.8, 4) is 0 Å². The molecule has 0 spiro atoms. The minimum absolute atomic E-state index is 0.0687. The highest BCUT2D eigenvalue weighted by Gasteiger charge is 1.88. The predicted molar refractivity (Wildman–Crippen MR) is 54.3 cm³/mol. The van der Waals surface area contributed by atoms with E-state index in [1.54, 1.807) is 13.0 Å². The number of H-pyrrole nitrogens is 1. The maximum Gasteiger partial charge on any atom is 0.152 e. The van der Waals surface area contributed by atoms with Crippen molar-refractivity contribution in [2.75, 3.05) is 0 Å². The van der Waals surface area contributed by atoms with E-state index in [4.69, 9.17) is 0 Å². The van der Waals surface area contributed by atoms with E-state index in [1.807, 2.05) is 37.4 Å². The first-order valence-corrected chi connectivity index (χ1v) is 4.19. The van der Waals surface area contributed by atoms with Gasteiger partial charge in [-0.15, -0.1) is 0 Å². The predicted octanol–water partition coefficient (Wildman–Crippen LogP) is 2.56. The van der Waals surface area contributed by atoms with Gasteiger partial charge in [0, 0.05) is 11.9 Å². The van der Waals surface area contributed by atoms with Gasteiger partial charge in [-0.1, -0.05) is 6.08 Å². The van der Waals surface area contributed by atoms with E-state index in [-0.39, 0.29) is 5.78 Å². The average Bonchev–Trinajstić information content (AvgIpc) is 2.53. The van der Waals surface area contributed by atoms with E-state index in [2.05, 4.69) is 4.98 Å². The Kier molecular flexibility index (Phi) is 3.26. The number of hydrogen-bond acceptors (Lipinski definition) is 1. The van der Waals surface area contributed by atoms with Crippen LogP contribution in [0.25, 0.3) is 6.08 Å². The summed E-state index contributed by atoms with van der Waals surface area (Å²) in [6.07, 6.45) is 7.23. The van der Waals surface area contributed by atoms with Gasteiger partial charge in [-0.2, -0.15) is 0 Å². The summed E-state index contributed by atoms with van der Waals surface area (Å²) in [5.74, 6) is 0.0687. The lowest BCUT2D eigenvalue weighted by Gasteiger charge is -1.90. The van der Waals surface area contributed by atoms with Crippen molar-refractivity contribution in [3.05, 3.63) is 41.7 Å². The Bertz CT molecular complexity index is 331. The molecule has 0 aliphatic carbocycles. The molecule has 2 heteroatoms. The number of nitrogens with one attached hydrogen (secondary N) is 1. The lowest BCUT2D eigenvalue weighted by molar-refractivity contribution is -0.112. The third-order valence-corrected chi connectivity index (χ3v) is 1.59. The molecule has 2 nitrogen and oxygen atoms in total. The molecular formula is C11H13NO. The molecule has 1 rings (SSSR count). The van der Waals surface area contributed by atoms with Crippen LogP contribution in [0.3, 0.4) is 0 Å². The van der Waals surface area contributed by atoms with Gasteiger partial charge in [0.1, 0.15) is 0 Å². The van der Waals surface area contributed by atoms with Crippen LogP contribution < -0.4 is 0 Å². The summed E-state index contributed by atoms with van der Waals surface area (Å²) in [6, 6.07) is 3.92. The maximum absolute atomic E-state index is 10.6. The standard InChI is InChI=1S/C11H13NO/c1-9(5-6-10(2)13)8-11-4-3-7-12-11/h3-8,12H,1-2H3/b6-5+,9-8+. The van der Waals surface area contributed by atoms with Crippen LogP contribution in [0.2, 0.25) is 0 Å². The van der Waals surface area contributed by atoms with Crippen LogP contribution in [0, 0.1) is 0 Å². The molecule has 0 aromatic carbocycles. The molecule has 0 aliphatic heterocycles. The zero-order chi connectivity index (χ0) is 9.68. The molecule has 68 valence electrons. The van der Waals surface area contributed by atoms with Gasteiger partial charge in [0.15, 0.2) is 5.78 Å². The van der Waals surface area contributed by atoms with Crippen molar-refractivity contribution in [2.24, 2.45) is 0 Å². The monoisotopic (exact) mass is 175 g/mol. The molecule has 0 atom stereocenters. The Balaban J connectivity index is 2.67. The van der Waals surface area contributed by atoms with Crippen molar-refractivity contribution in [1.82, 2.24) is 4.98 Å². The largest absolute Gasteiger partial charge is 0.362 e. The molecular weight excluding hydrogens is 162 g/mol. The number of aromatic nitrogens is 1. The number of aromatic amines is 1. The van der Waals surface area contributed by atoms with Crippen molar-refractivity contribution in [1.29, 1.82) is 0 Å². The molecule has 1 heterocycles. The Morgan fingerprint density at radius 2 is 2.15 bits per heavy atom. The number of allylic oxidation sites excluding steroid dienone is 3. The molecule has 13 heavy (non-hydrogen) atoms. The van der Waals surface area contributed by atoms with Crippen molar-refractivity contribution in [2.45, 2.75) is 13.8 Å². The smallest absolute Gasteiger partial charge is 0.152 e. The fraction of sp³-hybridized carbons (Fsp3) is 0.182. The van der Waals surface area contributed by atoms with E-state index in [0.717, 1.165) is 11.3 Å². The first-order valence-electron chi connectivity index (χ1n) is 4.19. The third kappa shape index (κ3) is 3.56. The number of hydrogen-bond donors (Lipinski definition) is 1. The Hall–Kier alpha value is -1.57. The second-order valence-corrected chi connectivity index (χ2v) is 2.96. The van der Waals surface area contributed by atoms with Crippen LogP contribution in [0.15, 0.2) is 36.1 Å². The SMILES string of the molecule is CC(=O)/C=C/C(C)=C/c1ccc[nH]1. The summed E-state index contributed by atoms with van der Waals surface area (Å²) < 4.78 is 0. The molecule has 0 saturated heterocycles. The zero-order valence-corrected chi connectivity index (χ0v) is 7.87. The van der Waals surface area contributed by atoms with Gasteiger partial charge in [-0.25, -0.2) is 0 Å². The highest BCUT2D eigenvalue weighted by molar-refractivity contribution is 5.87. The van der Waals surface area contributed by atoms with Gasteiger partial charge in [0.2, 0.25) is 0 Å². The van der Waals surface area contributed by atoms with Gasteiger partial charge in [-0.3, -0.25) is 4.79 Å². The molecule has 0 fully saturated rings. The second-order valence-electron chi connectivity index (χ2n) is 2.96. The summed E-state index contributed by atoms with van der Waals surface area (Å²) in [6.45, 7) is 3.50. The molecule has 0 amide bonds. The second kappa shape index (κ2) is 4.45. The molecule has 0 saturated carbocycles. The summed E-state index contributed by atoms with van der Waals surface area (Å²) in [5.41, 5.74) is 2.10. The lowest BCUT2D eigenvalue weighted by Crippen LogP contribution is -1.80.